The van der Waals surface area contributed by atoms with Gasteiger partial charge in [-0.25, -0.2) is 0 Å². The second kappa shape index (κ2) is 11.0. The molecule has 24 heavy (non-hydrogen) atoms. The molecule has 0 fully saturated rings. The fourth-order valence-corrected chi connectivity index (χ4v) is 2.75. The number of nitrogens with zero attached hydrogens (tertiary/aromatic N) is 1. The number of hydrogen-bond donors (Lipinski definition) is 2. The number of nitrogens with one attached hydrogen (secondary N) is 2. The van der Waals surface area contributed by atoms with E-state index in [-0.39, 0.29) is 38.0 Å². The monoisotopic (exact) mass is 324 g/mol. The van der Waals surface area contributed by atoms with E-state index in [1.807, 2.05) is 6.20 Å². The molecule has 1 aliphatic rings. The number of benzene rings is 2. The van der Waals surface area contributed by atoms with Crippen LogP contribution in [0.3, 0.4) is 0 Å². The minimum atomic E-state index is 0. The molecule has 0 saturated heterocycles. The molecule has 0 saturated carbocycles. The Bertz CT molecular complexity index is 780. The van der Waals surface area contributed by atoms with Gasteiger partial charge in [0.25, 0.3) is 0 Å². The molecule has 2 heterocycles. The van der Waals surface area contributed by atoms with Crippen LogP contribution >= 0.6 is 0 Å². The first-order valence-corrected chi connectivity index (χ1v) is 7.33. The van der Waals surface area contributed by atoms with Crippen molar-refractivity contribution in [1.82, 2.24) is 4.98 Å². The standard InChI is InChI=1S/C9H11N.C9H9N.CN.B.Na/c2*1-7-3-2-4-8-5-6-10-9(7)8;1-2;;/h2-4,10H,5-6H2,1H3;2-6,10H,1H3;;;/q;;-1;;+1. The first-order chi connectivity index (χ1) is 10.8. The molecule has 0 atom stereocenters. The van der Waals surface area contributed by atoms with Gasteiger partial charge in [0.2, 0.25) is 0 Å². The maximum absolute atomic E-state index is 6.25. The number of anilines is 1. The summed E-state index contributed by atoms with van der Waals surface area (Å²) in [6.45, 7) is 10.1. The Labute approximate surface area is 168 Å². The van der Waals surface area contributed by atoms with Gasteiger partial charge in [0.15, 0.2) is 0 Å². The molecule has 5 heteroatoms. The number of aromatic amines is 1. The third-order valence-electron chi connectivity index (χ3n) is 3.85. The minimum Gasteiger partial charge on any atom is -0.512 e. The molecule has 3 aromatic rings. The molecule has 0 aliphatic carbocycles. The normalized spacial score (nSPS) is 10.5. The van der Waals surface area contributed by atoms with Crippen LogP contribution in [0.25, 0.3) is 10.9 Å². The van der Waals surface area contributed by atoms with Crippen LogP contribution in [0.15, 0.2) is 48.7 Å². The summed E-state index contributed by atoms with van der Waals surface area (Å²) >= 11 is 0. The molecule has 4 rings (SSSR count). The summed E-state index contributed by atoms with van der Waals surface area (Å²) in [5, 5.41) is 10.9. The molecule has 3 nitrogen and oxygen atoms in total. The number of hydrogen-bond acceptors (Lipinski definition) is 2. The van der Waals surface area contributed by atoms with Crippen molar-refractivity contribution in [2.75, 3.05) is 11.9 Å². The molecule has 0 unspecified atom stereocenters. The van der Waals surface area contributed by atoms with Crippen molar-refractivity contribution < 1.29 is 29.6 Å². The van der Waals surface area contributed by atoms with Crippen LogP contribution in [0.1, 0.15) is 16.7 Å². The molecule has 3 radical (unpaired) electrons. The number of aromatic nitrogens is 1. The summed E-state index contributed by atoms with van der Waals surface area (Å²) in [5.74, 6) is 0. The third kappa shape index (κ3) is 5.17. The Morgan fingerprint density at radius 3 is 2.29 bits per heavy atom. The van der Waals surface area contributed by atoms with Gasteiger partial charge in [0, 0.05) is 32.4 Å². The second-order valence-electron chi connectivity index (χ2n) is 5.30. The zero-order valence-corrected chi connectivity index (χ0v) is 16.6. The molecule has 115 valence electrons. The van der Waals surface area contributed by atoms with Gasteiger partial charge in [-0.15, -0.1) is 0 Å². The Morgan fingerprint density at radius 1 is 0.958 bits per heavy atom. The number of rotatable bonds is 0. The fourth-order valence-electron chi connectivity index (χ4n) is 2.75. The van der Waals surface area contributed by atoms with Crippen LogP contribution in [0, 0.1) is 25.7 Å². The molecular weight excluding hydrogens is 304 g/mol. The predicted octanol–water partition coefficient (Wildman–Crippen LogP) is 1.16. The molecule has 1 aliphatic heterocycles. The Hall–Kier alpha value is -1.67. The zero-order chi connectivity index (χ0) is 15.9. The number of fused-ring (bicyclic) bond motifs is 2. The third-order valence-corrected chi connectivity index (χ3v) is 3.85. The van der Waals surface area contributed by atoms with E-state index in [0.29, 0.717) is 0 Å². The van der Waals surface area contributed by atoms with E-state index in [1.54, 1.807) is 0 Å². The smallest absolute Gasteiger partial charge is 0.512 e. The van der Waals surface area contributed by atoms with Crippen LogP contribution < -0.4 is 34.9 Å². The summed E-state index contributed by atoms with van der Waals surface area (Å²) in [4.78, 5) is 3.19. The van der Waals surface area contributed by atoms with E-state index in [2.05, 4.69) is 66.6 Å². The number of H-pyrrole nitrogens is 1. The van der Waals surface area contributed by atoms with Gasteiger partial charge < -0.3 is 22.1 Å². The van der Waals surface area contributed by atoms with Crippen LogP contribution in [0.4, 0.5) is 5.69 Å². The van der Waals surface area contributed by atoms with E-state index in [1.165, 1.54) is 39.7 Å². The maximum atomic E-state index is 6.25. The first kappa shape index (κ1) is 22.3. The molecule has 0 spiro atoms. The van der Waals surface area contributed by atoms with Crippen molar-refractivity contribution in [3.8, 4) is 0 Å². The minimum absolute atomic E-state index is 0. The average molecular weight is 324 g/mol. The van der Waals surface area contributed by atoms with Gasteiger partial charge in [-0.2, -0.15) is 0 Å². The van der Waals surface area contributed by atoms with E-state index < -0.39 is 0 Å². The van der Waals surface area contributed by atoms with Crippen molar-refractivity contribution in [2.24, 2.45) is 0 Å². The zero-order valence-electron chi connectivity index (χ0n) is 14.6. The maximum Gasteiger partial charge on any atom is 1.00 e. The van der Waals surface area contributed by atoms with Crippen molar-refractivity contribution >= 4 is 25.0 Å². The molecule has 0 bridgehead atoms. The van der Waals surface area contributed by atoms with E-state index in [9.17, 15) is 0 Å². The molecular formula is C19H20BN3Na. The summed E-state index contributed by atoms with van der Waals surface area (Å²) < 4.78 is 0. The largest absolute Gasteiger partial charge is 1.00 e. The van der Waals surface area contributed by atoms with Gasteiger partial charge in [-0.3, -0.25) is 0 Å². The van der Waals surface area contributed by atoms with Gasteiger partial charge in [0.05, 0.1) is 0 Å². The molecule has 1 aromatic heterocycles. The van der Waals surface area contributed by atoms with Crippen LogP contribution in [-0.4, -0.2) is 19.9 Å². The molecule has 2 aromatic carbocycles. The Kier molecular flexibility index (Phi) is 10.2. The van der Waals surface area contributed by atoms with Gasteiger partial charge >= 0.3 is 29.6 Å². The van der Waals surface area contributed by atoms with E-state index in [4.69, 9.17) is 11.8 Å². The molecule has 2 N–H and O–H groups in total. The summed E-state index contributed by atoms with van der Waals surface area (Å²) in [7, 11) is 0. The molecule has 0 amide bonds. The topological polar surface area (TPSA) is 51.6 Å². The predicted molar refractivity (Wildman–Crippen MR) is 97.1 cm³/mol. The Balaban J connectivity index is 0.000000372. The van der Waals surface area contributed by atoms with Crippen LogP contribution in [0.5, 0.6) is 0 Å². The van der Waals surface area contributed by atoms with Crippen LogP contribution in [0.2, 0.25) is 0 Å². The summed E-state index contributed by atoms with van der Waals surface area (Å²) in [6, 6.07) is 14.9. The van der Waals surface area contributed by atoms with Gasteiger partial charge in [-0.1, -0.05) is 36.4 Å². The summed E-state index contributed by atoms with van der Waals surface area (Å²) in [6.07, 6.45) is 3.16. The quantitative estimate of drug-likeness (QED) is 0.482. The number of aryl methyl sites for hydroxylation is 2. The summed E-state index contributed by atoms with van der Waals surface area (Å²) in [5.41, 5.74) is 6.77. The SMILES string of the molecule is Cc1cccc2c1NCC2.Cc1cccc2cc[nH]c12.[B].[C-]#N.[Na+]. The van der Waals surface area contributed by atoms with Crippen molar-refractivity contribution in [3.05, 3.63) is 71.9 Å². The van der Waals surface area contributed by atoms with Gasteiger partial charge in [-0.05, 0) is 48.4 Å². The van der Waals surface area contributed by atoms with Gasteiger partial charge in [0.1, 0.15) is 0 Å². The van der Waals surface area contributed by atoms with Crippen molar-refractivity contribution in [3.63, 3.8) is 0 Å². The second-order valence-corrected chi connectivity index (χ2v) is 5.30. The van der Waals surface area contributed by atoms with Crippen molar-refractivity contribution in [1.29, 1.82) is 5.26 Å². The first-order valence-electron chi connectivity index (χ1n) is 7.33. The number of para-hydroxylation sites is 2. The fraction of sp³-hybridized carbons (Fsp3) is 0.211. The average Bonchev–Trinajstić information content (AvgIpc) is 3.20. The van der Waals surface area contributed by atoms with E-state index >= 15 is 0 Å². The van der Waals surface area contributed by atoms with E-state index in [0.717, 1.165) is 6.54 Å². The Morgan fingerprint density at radius 2 is 1.62 bits per heavy atom. The van der Waals surface area contributed by atoms with Crippen LogP contribution in [-0.2, 0) is 6.42 Å². The van der Waals surface area contributed by atoms with Crippen molar-refractivity contribution in [2.45, 2.75) is 20.3 Å².